The minimum absolute atomic E-state index is 0.0170. The van der Waals surface area contributed by atoms with Crippen LogP contribution in [0, 0.1) is 11.8 Å². The molecule has 2 rings (SSSR count). The molecule has 0 aromatic heterocycles. The third kappa shape index (κ3) is 7.72. The number of benzene rings is 1. The molecule has 1 saturated heterocycles. The standard InChI is InChI=1S/C23H37N3O2/c1-18(2)17-21-7-5-20(6-8-21)9-10-22(27)19(3)23(28)24-11-12-26-15-13-25(4)14-16-26/h5-8,18-19H,9-17H2,1-4H3,(H,24,28)/t19-/m1/s1. The second-order valence-corrected chi connectivity index (χ2v) is 8.54. The summed E-state index contributed by atoms with van der Waals surface area (Å²) in [6, 6.07) is 8.50. The molecule has 5 heteroatoms. The van der Waals surface area contributed by atoms with E-state index in [1.165, 1.54) is 5.56 Å². The molecule has 1 fully saturated rings. The molecule has 1 heterocycles. The molecule has 1 amide bonds. The zero-order valence-electron chi connectivity index (χ0n) is 18.0. The number of Topliss-reactive ketones (excluding diaryl/α,β-unsaturated/α-hetero) is 1. The number of carbonyl (C=O) groups is 2. The number of hydrogen-bond donors (Lipinski definition) is 1. The molecule has 28 heavy (non-hydrogen) atoms. The lowest BCUT2D eigenvalue weighted by Gasteiger charge is -2.32. The van der Waals surface area contributed by atoms with Crippen LogP contribution in [0.1, 0.15) is 38.3 Å². The van der Waals surface area contributed by atoms with E-state index in [1.54, 1.807) is 6.92 Å². The summed E-state index contributed by atoms with van der Waals surface area (Å²) in [5.74, 6) is -0.0643. The van der Waals surface area contributed by atoms with Crippen molar-refractivity contribution < 1.29 is 9.59 Å². The van der Waals surface area contributed by atoms with Crippen LogP contribution in [-0.4, -0.2) is 67.8 Å². The van der Waals surface area contributed by atoms with Crippen molar-refractivity contribution in [1.82, 2.24) is 15.1 Å². The fourth-order valence-corrected chi connectivity index (χ4v) is 3.51. The number of ketones is 1. The van der Waals surface area contributed by atoms with Crippen molar-refractivity contribution in [1.29, 1.82) is 0 Å². The number of carbonyl (C=O) groups excluding carboxylic acids is 2. The summed E-state index contributed by atoms with van der Waals surface area (Å²) in [5.41, 5.74) is 2.49. The molecule has 0 saturated carbocycles. The van der Waals surface area contributed by atoms with Crippen molar-refractivity contribution >= 4 is 11.7 Å². The van der Waals surface area contributed by atoms with Gasteiger partial charge in [0.05, 0.1) is 5.92 Å². The molecule has 0 spiro atoms. The van der Waals surface area contributed by atoms with E-state index < -0.39 is 5.92 Å². The monoisotopic (exact) mass is 387 g/mol. The van der Waals surface area contributed by atoms with Gasteiger partial charge in [0.15, 0.2) is 0 Å². The molecule has 1 atom stereocenters. The van der Waals surface area contributed by atoms with E-state index in [2.05, 4.69) is 60.3 Å². The van der Waals surface area contributed by atoms with Gasteiger partial charge in [-0.2, -0.15) is 0 Å². The average molecular weight is 388 g/mol. The molecule has 156 valence electrons. The number of nitrogens with zero attached hydrogens (tertiary/aromatic N) is 2. The molecular weight excluding hydrogens is 350 g/mol. The highest BCUT2D eigenvalue weighted by Crippen LogP contribution is 2.12. The van der Waals surface area contributed by atoms with Gasteiger partial charge in [0.1, 0.15) is 5.78 Å². The third-order valence-electron chi connectivity index (χ3n) is 5.53. The minimum atomic E-state index is -0.576. The predicted molar refractivity (Wildman–Crippen MR) is 114 cm³/mol. The van der Waals surface area contributed by atoms with Gasteiger partial charge in [0.25, 0.3) is 0 Å². The Labute approximate surface area is 170 Å². The Morgan fingerprint density at radius 1 is 1.00 bits per heavy atom. The Hall–Kier alpha value is -1.72. The number of aryl methyl sites for hydroxylation is 1. The summed E-state index contributed by atoms with van der Waals surface area (Å²) in [6.07, 6.45) is 2.18. The third-order valence-corrected chi connectivity index (χ3v) is 5.53. The van der Waals surface area contributed by atoms with Crippen molar-refractivity contribution in [2.45, 2.75) is 40.0 Å². The first-order chi connectivity index (χ1) is 13.3. The summed E-state index contributed by atoms with van der Waals surface area (Å²) in [7, 11) is 2.13. The van der Waals surface area contributed by atoms with Crippen molar-refractivity contribution in [3.63, 3.8) is 0 Å². The van der Waals surface area contributed by atoms with Crippen molar-refractivity contribution in [2.75, 3.05) is 46.3 Å². The SMILES string of the molecule is CC(C)Cc1ccc(CCC(=O)[C@@H](C)C(=O)NCCN2CCN(C)CC2)cc1. The lowest BCUT2D eigenvalue weighted by atomic mass is 9.97. The Morgan fingerprint density at radius 2 is 1.61 bits per heavy atom. The van der Waals surface area contributed by atoms with Crippen LogP contribution in [0.3, 0.4) is 0 Å². The van der Waals surface area contributed by atoms with Crippen LogP contribution in [-0.2, 0) is 22.4 Å². The Kier molecular flexibility index (Phi) is 9.13. The second-order valence-electron chi connectivity index (χ2n) is 8.54. The number of piperazine rings is 1. The Balaban J connectivity index is 1.67. The Bertz CT molecular complexity index is 619. The first-order valence-electron chi connectivity index (χ1n) is 10.6. The fourth-order valence-electron chi connectivity index (χ4n) is 3.51. The van der Waals surface area contributed by atoms with Crippen LogP contribution < -0.4 is 5.32 Å². The molecule has 1 N–H and O–H groups in total. The number of amides is 1. The van der Waals surface area contributed by atoms with E-state index in [9.17, 15) is 9.59 Å². The number of nitrogens with one attached hydrogen (secondary N) is 1. The highest BCUT2D eigenvalue weighted by atomic mass is 16.2. The van der Waals surface area contributed by atoms with E-state index in [0.29, 0.717) is 25.3 Å². The summed E-state index contributed by atoms with van der Waals surface area (Å²) in [4.78, 5) is 29.3. The molecular formula is C23H37N3O2. The molecule has 1 aliphatic rings. The lowest BCUT2D eigenvalue weighted by Crippen LogP contribution is -2.47. The van der Waals surface area contributed by atoms with Gasteiger partial charge < -0.3 is 10.2 Å². The highest BCUT2D eigenvalue weighted by molar-refractivity contribution is 6.00. The van der Waals surface area contributed by atoms with Crippen molar-refractivity contribution in [3.05, 3.63) is 35.4 Å². The number of rotatable bonds is 10. The van der Waals surface area contributed by atoms with Gasteiger partial charge >= 0.3 is 0 Å². The number of hydrogen-bond acceptors (Lipinski definition) is 4. The van der Waals surface area contributed by atoms with E-state index >= 15 is 0 Å². The van der Waals surface area contributed by atoms with Crippen molar-refractivity contribution in [3.8, 4) is 0 Å². The maximum atomic E-state index is 12.4. The molecule has 1 aromatic rings. The molecule has 0 unspecified atom stereocenters. The van der Waals surface area contributed by atoms with Gasteiger partial charge in [-0.3, -0.25) is 14.5 Å². The predicted octanol–water partition coefficient (Wildman–Crippen LogP) is 2.39. The van der Waals surface area contributed by atoms with E-state index in [-0.39, 0.29) is 11.7 Å². The van der Waals surface area contributed by atoms with Crippen LogP contribution in [0.2, 0.25) is 0 Å². The molecule has 0 bridgehead atoms. The maximum absolute atomic E-state index is 12.4. The van der Waals surface area contributed by atoms with Crippen molar-refractivity contribution in [2.24, 2.45) is 11.8 Å². The van der Waals surface area contributed by atoms with Gasteiger partial charge in [-0.15, -0.1) is 0 Å². The molecule has 0 radical (unpaired) electrons. The van der Waals surface area contributed by atoms with Gasteiger partial charge in [-0.25, -0.2) is 0 Å². The first-order valence-corrected chi connectivity index (χ1v) is 10.6. The van der Waals surface area contributed by atoms with Crippen LogP contribution in [0.5, 0.6) is 0 Å². The quantitative estimate of drug-likeness (QED) is 0.627. The molecule has 1 aromatic carbocycles. The van der Waals surface area contributed by atoms with Gasteiger partial charge in [-0.1, -0.05) is 38.1 Å². The molecule has 1 aliphatic heterocycles. The number of likely N-dealkylation sites (N-methyl/N-ethyl adjacent to an activating group) is 1. The Morgan fingerprint density at radius 3 is 2.21 bits per heavy atom. The second kappa shape index (κ2) is 11.3. The molecule has 0 aliphatic carbocycles. The lowest BCUT2D eigenvalue weighted by molar-refractivity contribution is -0.133. The van der Waals surface area contributed by atoms with Crippen LogP contribution in [0.4, 0.5) is 0 Å². The normalized spacial score (nSPS) is 16.9. The zero-order valence-corrected chi connectivity index (χ0v) is 18.0. The highest BCUT2D eigenvalue weighted by Gasteiger charge is 2.21. The largest absolute Gasteiger partial charge is 0.354 e. The zero-order chi connectivity index (χ0) is 20.5. The van der Waals surface area contributed by atoms with E-state index in [4.69, 9.17) is 0 Å². The topological polar surface area (TPSA) is 52.7 Å². The van der Waals surface area contributed by atoms with Gasteiger partial charge in [0, 0.05) is 45.7 Å². The van der Waals surface area contributed by atoms with Gasteiger partial charge in [-0.05, 0) is 43.9 Å². The fraction of sp³-hybridized carbons (Fsp3) is 0.652. The van der Waals surface area contributed by atoms with Crippen LogP contribution >= 0.6 is 0 Å². The first kappa shape index (κ1) is 22.6. The summed E-state index contributed by atoms with van der Waals surface area (Å²) in [5, 5.41) is 2.93. The van der Waals surface area contributed by atoms with E-state index in [1.807, 2.05) is 0 Å². The minimum Gasteiger partial charge on any atom is -0.354 e. The van der Waals surface area contributed by atoms with Gasteiger partial charge in [0.2, 0.25) is 5.91 Å². The molecule has 5 nitrogen and oxygen atoms in total. The smallest absolute Gasteiger partial charge is 0.230 e. The van der Waals surface area contributed by atoms with E-state index in [0.717, 1.165) is 44.7 Å². The summed E-state index contributed by atoms with van der Waals surface area (Å²) in [6.45, 7) is 11.8. The van der Waals surface area contributed by atoms with Crippen LogP contribution in [0.15, 0.2) is 24.3 Å². The summed E-state index contributed by atoms with van der Waals surface area (Å²) < 4.78 is 0. The average Bonchev–Trinajstić information content (AvgIpc) is 2.67. The maximum Gasteiger partial charge on any atom is 0.230 e. The summed E-state index contributed by atoms with van der Waals surface area (Å²) >= 11 is 0. The van der Waals surface area contributed by atoms with Crippen LogP contribution in [0.25, 0.3) is 0 Å².